The summed E-state index contributed by atoms with van der Waals surface area (Å²) in [5.74, 6) is 0.00738. The van der Waals surface area contributed by atoms with Gasteiger partial charge in [-0.2, -0.15) is 0 Å². The van der Waals surface area contributed by atoms with Gasteiger partial charge in [0.05, 0.1) is 17.1 Å². The Balaban J connectivity index is 1.59. The van der Waals surface area contributed by atoms with Gasteiger partial charge in [0, 0.05) is 5.54 Å². The number of hydrogen-bond acceptors (Lipinski definition) is 4. The molecule has 1 heterocycles. The van der Waals surface area contributed by atoms with Gasteiger partial charge in [-0.3, -0.25) is 9.10 Å². The summed E-state index contributed by atoms with van der Waals surface area (Å²) >= 11 is 0. The number of anilines is 1. The minimum atomic E-state index is -3.86. The zero-order valence-corrected chi connectivity index (χ0v) is 18.9. The lowest BCUT2D eigenvalue weighted by atomic mass is 9.94. The van der Waals surface area contributed by atoms with Crippen LogP contribution in [0.3, 0.4) is 0 Å². The number of rotatable bonds is 6. The van der Waals surface area contributed by atoms with Crippen LogP contribution in [-0.2, 0) is 21.2 Å². The molecule has 0 saturated heterocycles. The Kier molecular flexibility index (Phi) is 5.93. The van der Waals surface area contributed by atoms with E-state index >= 15 is 0 Å². The third-order valence-electron chi connectivity index (χ3n) is 5.31. The van der Waals surface area contributed by atoms with Gasteiger partial charge in [0.1, 0.15) is 5.75 Å². The molecule has 1 amide bonds. The zero-order valence-electron chi connectivity index (χ0n) is 18.1. The summed E-state index contributed by atoms with van der Waals surface area (Å²) in [5.41, 5.74) is 0.979. The number of nitrogens with one attached hydrogen (secondary N) is 1. The van der Waals surface area contributed by atoms with Crippen molar-refractivity contribution in [3.05, 3.63) is 90.5 Å². The maximum atomic E-state index is 13.4. The maximum Gasteiger partial charge on any atom is 0.264 e. The molecule has 166 valence electrons. The second kappa shape index (κ2) is 8.67. The van der Waals surface area contributed by atoms with Crippen molar-refractivity contribution in [3.63, 3.8) is 0 Å². The Labute approximate surface area is 188 Å². The Morgan fingerprint density at radius 2 is 1.56 bits per heavy atom. The summed E-state index contributed by atoms with van der Waals surface area (Å²) < 4.78 is 34.0. The van der Waals surface area contributed by atoms with Crippen LogP contribution in [0, 0.1) is 0 Å². The number of ether oxygens (including phenoxy) is 1. The molecular weight excluding hydrogens is 424 g/mol. The highest BCUT2D eigenvalue weighted by atomic mass is 32.2. The highest BCUT2D eigenvalue weighted by Gasteiger charge is 2.38. The first-order valence-electron chi connectivity index (χ1n) is 10.5. The fraction of sp³-hybridized carbons (Fsp3) is 0.240. The van der Waals surface area contributed by atoms with E-state index in [1.807, 2.05) is 44.2 Å². The number of benzene rings is 3. The molecule has 4 rings (SSSR count). The van der Waals surface area contributed by atoms with E-state index in [0.29, 0.717) is 17.9 Å². The van der Waals surface area contributed by atoms with Crippen molar-refractivity contribution in [2.24, 2.45) is 0 Å². The predicted octanol–water partition coefficient (Wildman–Crippen LogP) is 3.78. The molecule has 1 N–H and O–H groups in total. The highest BCUT2D eigenvalue weighted by molar-refractivity contribution is 7.92. The molecule has 0 fully saturated rings. The van der Waals surface area contributed by atoms with Gasteiger partial charge in [-0.05, 0) is 50.1 Å². The normalized spacial score (nSPS) is 16.1. The Morgan fingerprint density at radius 3 is 2.25 bits per heavy atom. The van der Waals surface area contributed by atoms with Gasteiger partial charge >= 0.3 is 0 Å². The standard InChI is InChI=1S/C25H26N2O4S/c1-25(2,17-19-11-5-3-6-12-19)26-24(28)23-18-27(21-15-9-10-16-22(21)31-23)32(29,30)20-13-7-4-8-14-20/h3-16,23H,17-18H2,1-2H3,(H,26,28)/t23-/m1/s1. The number of fused-ring (bicyclic) bond motifs is 1. The summed E-state index contributed by atoms with van der Waals surface area (Å²) in [6.07, 6.45) is -0.340. The number of para-hydroxylation sites is 2. The average Bonchev–Trinajstić information content (AvgIpc) is 2.79. The summed E-state index contributed by atoms with van der Waals surface area (Å²) in [5, 5.41) is 3.03. The van der Waals surface area contributed by atoms with Crippen LogP contribution < -0.4 is 14.4 Å². The van der Waals surface area contributed by atoms with Crippen molar-refractivity contribution in [2.75, 3.05) is 10.8 Å². The maximum absolute atomic E-state index is 13.4. The molecule has 7 heteroatoms. The van der Waals surface area contributed by atoms with Crippen molar-refractivity contribution in [1.82, 2.24) is 5.32 Å². The van der Waals surface area contributed by atoms with E-state index in [9.17, 15) is 13.2 Å². The molecule has 1 aliphatic rings. The SMILES string of the molecule is CC(C)(Cc1ccccc1)NC(=O)[C@H]1CN(S(=O)(=O)c2ccccc2)c2ccccc2O1. The van der Waals surface area contributed by atoms with Crippen LogP contribution in [-0.4, -0.2) is 32.5 Å². The molecule has 3 aromatic carbocycles. The predicted molar refractivity (Wildman–Crippen MR) is 124 cm³/mol. The van der Waals surface area contributed by atoms with Gasteiger partial charge in [0.25, 0.3) is 15.9 Å². The van der Waals surface area contributed by atoms with E-state index in [4.69, 9.17) is 4.74 Å². The van der Waals surface area contributed by atoms with E-state index in [-0.39, 0.29) is 17.3 Å². The van der Waals surface area contributed by atoms with E-state index in [1.54, 1.807) is 54.6 Å². The van der Waals surface area contributed by atoms with Crippen LogP contribution in [0.25, 0.3) is 0 Å². The number of carbonyl (C=O) groups is 1. The summed E-state index contributed by atoms with van der Waals surface area (Å²) in [4.78, 5) is 13.3. The second-order valence-electron chi connectivity index (χ2n) is 8.46. The largest absolute Gasteiger partial charge is 0.476 e. The van der Waals surface area contributed by atoms with Gasteiger partial charge in [0.2, 0.25) is 0 Å². The quantitative estimate of drug-likeness (QED) is 0.620. The van der Waals surface area contributed by atoms with Crippen molar-refractivity contribution < 1.29 is 17.9 Å². The van der Waals surface area contributed by atoms with E-state index in [0.717, 1.165) is 5.56 Å². The van der Waals surface area contributed by atoms with E-state index < -0.39 is 21.7 Å². The average molecular weight is 451 g/mol. The Hall–Kier alpha value is -3.32. The fourth-order valence-corrected chi connectivity index (χ4v) is 5.35. The monoisotopic (exact) mass is 450 g/mol. The molecule has 0 aromatic heterocycles. The molecule has 0 saturated carbocycles. The summed E-state index contributed by atoms with van der Waals surface area (Å²) in [7, 11) is -3.86. The van der Waals surface area contributed by atoms with Crippen LogP contribution in [0.1, 0.15) is 19.4 Å². The Bertz CT molecular complexity index is 1190. The molecule has 0 aliphatic carbocycles. The molecule has 0 spiro atoms. The van der Waals surface area contributed by atoms with Crippen LogP contribution in [0.5, 0.6) is 5.75 Å². The molecular formula is C25H26N2O4S. The number of amides is 1. The van der Waals surface area contributed by atoms with Crippen molar-refractivity contribution in [1.29, 1.82) is 0 Å². The first kappa shape index (κ1) is 21.9. The van der Waals surface area contributed by atoms with Gasteiger partial charge in [-0.25, -0.2) is 8.42 Å². The van der Waals surface area contributed by atoms with Crippen molar-refractivity contribution >= 4 is 21.6 Å². The van der Waals surface area contributed by atoms with Gasteiger partial charge in [-0.15, -0.1) is 0 Å². The lowest BCUT2D eigenvalue weighted by Gasteiger charge is -2.36. The fourth-order valence-electron chi connectivity index (χ4n) is 3.85. The number of carbonyl (C=O) groups excluding carboxylic acids is 1. The minimum absolute atomic E-state index is 0.110. The molecule has 1 aliphatic heterocycles. The van der Waals surface area contributed by atoms with Crippen LogP contribution in [0.4, 0.5) is 5.69 Å². The third kappa shape index (κ3) is 4.62. The van der Waals surface area contributed by atoms with Crippen molar-refractivity contribution in [2.45, 2.75) is 36.8 Å². The number of hydrogen-bond donors (Lipinski definition) is 1. The molecule has 1 atom stereocenters. The molecule has 32 heavy (non-hydrogen) atoms. The minimum Gasteiger partial charge on any atom is -0.476 e. The van der Waals surface area contributed by atoms with Crippen LogP contribution in [0.2, 0.25) is 0 Å². The van der Waals surface area contributed by atoms with Crippen molar-refractivity contribution in [3.8, 4) is 5.75 Å². The molecule has 0 unspecified atom stereocenters. The van der Waals surface area contributed by atoms with Crippen LogP contribution >= 0.6 is 0 Å². The lowest BCUT2D eigenvalue weighted by molar-refractivity contribution is -0.129. The zero-order chi connectivity index (χ0) is 22.8. The topological polar surface area (TPSA) is 75.7 Å². The molecule has 6 nitrogen and oxygen atoms in total. The summed E-state index contributed by atoms with van der Waals surface area (Å²) in [6, 6.07) is 25.0. The van der Waals surface area contributed by atoms with Crippen LogP contribution in [0.15, 0.2) is 89.8 Å². The number of sulfonamides is 1. The van der Waals surface area contributed by atoms with E-state index in [1.165, 1.54) is 4.31 Å². The molecule has 0 radical (unpaired) electrons. The van der Waals surface area contributed by atoms with Gasteiger partial charge < -0.3 is 10.1 Å². The van der Waals surface area contributed by atoms with Gasteiger partial charge in [0.15, 0.2) is 6.10 Å². The highest BCUT2D eigenvalue weighted by Crippen LogP contribution is 2.36. The smallest absolute Gasteiger partial charge is 0.264 e. The first-order valence-corrected chi connectivity index (χ1v) is 11.9. The van der Waals surface area contributed by atoms with Gasteiger partial charge in [-0.1, -0.05) is 60.7 Å². The molecule has 3 aromatic rings. The lowest BCUT2D eigenvalue weighted by Crippen LogP contribution is -2.55. The first-order chi connectivity index (χ1) is 15.3. The number of nitrogens with zero attached hydrogens (tertiary/aromatic N) is 1. The third-order valence-corrected chi connectivity index (χ3v) is 7.10. The summed E-state index contributed by atoms with van der Waals surface area (Å²) in [6.45, 7) is 3.77. The second-order valence-corrected chi connectivity index (χ2v) is 10.3. The molecule has 0 bridgehead atoms. The Morgan fingerprint density at radius 1 is 0.969 bits per heavy atom. The van der Waals surface area contributed by atoms with E-state index in [2.05, 4.69) is 5.32 Å².